The number of piperidine rings is 1. The van der Waals surface area contributed by atoms with Crippen LogP contribution in [-0.4, -0.2) is 82.9 Å². The highest BCUT2D eigenvalue weighted by Crippen LogP contribution is 2.36. The summed E-state index contributed by atoms with van der Waals surface area (Å²) in [5.74, 6) is 0.00331. The van der Waals surface area contributed by atoms with E-state index in [1.54, 1.807) is 4.90 Å². The van der Waals surface area contributed by atoms with Crippen molar-refractivity contribution in [2.75, 3.05) is 19.6 Å². The van der Waals surface area contributed by atoms with E-state index in [2.05, 4.69) is 16.0 Å². The van der Waals surface area contributed by atoms with Gasteiger partial charge < -0.3 is 36.8 Å². The molecule has 0 radical (unpaired) electrons. The van der Waals surface area contributed by atoms with Gasteiger partial charge in [-0.25, -0.2) is 4.79 Å². The van der Waals surface area contributed by atoms with E-state index in [0.717, 1.165) is 51.4 Å². The SMILES string of the molecule is CCCC[C@H](NC(=O)N1CCC(N)CC1)C(=O)NCCC(=O)N[C@@H](CC1CCCCC1)[C@@H](O)[C@@H](O)C1CC1. The Morgan fingerprint density at radius 1 is 0.974 bits per heavy atom. The Morgan fingerprint density at radius 3 is 2.29 bits per heavy atom. The number of aliphatic hydroxyl groups excluding tert-OH is 2. The zero-order valence-corrected chi connectivity index (χ0v) is 23.2. The number of likely N-dealkylation sites (tertiary alicyclic amines) is 1. The smallest absolute Gasteiger partial charge is 0.318 e. The minimum Gasteiger partial charge on any atom is -0.390 e. The molecule has 0 aromatic carbocycles. The topological polar surface area (TPSA) is 157 Å². The van der Waals surface area contributed by atoms with Gasteiger partial charge in [-0.1, -0.05) is 51.9 Å². The average Bonchev–Trinajstić information content (AvgIpc) is 3.76. The van der Waals surface area contributed by atoms with Crippen LogP contribution in [0.5, 0.6) is 0 Å². The number of unbranched alkanes of at least 4 members (excludes halogenated alkanes) is 1. The van der Waals surface area contributed by atoms with Gasteiger partial charge in [-0.2, -0.15) is 0 Å². The number of carbonyl (C=O) groups excluding carboxylic acids is 3. The number of aliphatic hydroxyl groups is 2. The fourth-order valence-corrected chi connectivity index (χ4v) is 5.74. The van der Waals surface area contributed by atoms with E-state index >= 15 is 0 Å². The summed E-state index contributed by atoms with van der Waals surface area (Å²) in [5, 5.41) is 30.0. The Kier molecular flexibility index (Phi) is 12.6. The maximum absolute atomic E-state index is 12.9. The second-order valence-corrected chi connectivity index (χ2v) is 11.7. The molecule has 1 heterocycles. The van der Waals surface area contributed by atoms with Gasteiger partial charge in [0.25, 0.3) is 0 Å². The Balaban J connectivity index is 1.47. The second-order valence-electron chi connectivity index (χ2n) is 11.7. The van der Waals surface area contributed by atoms with Crippen LogP contribution in [0.15, 0.2) is 0 Å². The van der Waals surface area contributed by atoms with E-state index in [1.807, 2.05) is 6.92 Å². The number of amides is 4. The number of rotatable bonds is 14. The number of nitrogens with one attached hydrogen (secondary N) is 3. The molecule has 218 valence electrons. The van der Waals surface area contributed by atoms with Crippen LogP contribution in [-0.2, 0) is 9.59 Å². The molecule has 1 aliphatic heterocycles. The standard InChI is InChI=1S/C28H51N5O5/c1-2-3-9-22(32-28(38)33-16-13-21(29)14-17-33)27(37)30-15-12-24(34)31-23(18-19-7-5-4-6-8-19)26(36)25(35)20-10-11-20/h19-23,25-26,35-36H,2-18,29H2,1H3,(H,30,37)(H,31,34)(H,32,38)/t22-,23-,25-,26+/m0/s1. The van der Waals surface area contributed by atoms with Gasteiger partial charge in [0.15, 0.2) is 0 Å². The van der Waals surface area contributed by atoms with Crippen molar-refractivity contribution in [3.63, 3.8) is 0 Å². The molecule has 3 rings (SSSR count). The third-order valence-corrected chi connectivity index (χ3v) is 8.46. The molecule has 3 fully saturated rings. The van der Waals surface area contributed by atoms with Crippen molar-refractivity contribution >= 4 is 17.8 Å². The van der Waals surface area contributed by atoms with Crippen molar-refractivity contribution in [3.05, 3.63) is 0 Å². The fourth-order valence-electron chi connectivity index (χ4n) is 5.74. The number of hydrogen-bond donors (Lipinski definition) is 6. The molecule has 10 nitrogen and oxygen atoms in total. The number of carbonyl (C=O) groups is 3. The molecule has 4 amide bonds. The summed E-state index contributed by atoms with van der Waals surface area (Å²) < 4.78 is 0. The zero-order valence-electron chi connectivity index (χ0n) is 23.2. The second kappa shape index (κ2) is 15.6. The highest BCUT2D eigenvalue weighted by molar-refractivity contribution is 5.87. The van der Waals surface area contributed by atoms with Crippen LogP contribution in [0.4, 0.5) is 4.79 Å². The molecule has 38 heavy (non-hydrogen) atoms. The van der Waals surface area contributed by atoms with Crippen molar-refractivity contribution in [2.45, 2.75) is 127 Å². The zero-order chi connectivity index (χ0) is 27.5. The Morgan fingerprint density at radius 2 is 1.66 bits per heavy atom. The van der Waals surface area contributed by atoms with Crippen molar-refractivity contribution < 1.29 is 24.6 Å². The third kappa shape index (κ3) is 10.0. The molecule has 2 saturated carbocycles. The van der Waals surface area contributed by atoms with E-state index < -0.39 is 24.3 Å². The van der Waals surface area contributed by atoms with E-state index in [1.165, 1.54) is 19.3 Å². The lowest BCUT2D eigenvalue weighted by molar-refractivity contribution is -0.125. The highest BCUT2D eigenvalue weighted by atomic mass is 16.3. The van der Waals surface area contributed by atoms with E-state index in [4.69, 9.17) is 5.73 Å². The van der Waals surface area contributed by atoms with Crippen molar-refractivity contribution in [1.82, 2.24) is 20.9 Å². The summed E-state index contributed by atoms with van der Waals surface area (Å²) in [6, 6.07) is -1.29. The van der Waals surface area contributed by atoms with Gasteiger partial charge in [0, 0.05) is 32.1 Å². The Hall–Kier alpha value is -1.91. The molecule has 0 aromatic rings. The van der Waals surface area contributed by atoms with Gasteiger partial charge in [-0.15, -0.1) is 0 Å². The first-order chi connectivity index (χ1) is 18.3. The lowest BCUT2D eigenvalue weighted by Crippen LogP contribution is -2.54. The van der Waals surface area contributed by atoms with Crippen molar-refractivity contribution in [1.29, 1.82) is 0 Å². The van der Waals surface area contributed by atoms with Crippen LogP contribution in [0.2, 0.25) is 0 Å². The molecule has 3 aliphatic rings. The lowest BCUT2D eigenvalue weighted by atomic mass is 9.82. The predicted octanol–water partition coefficient (Wildman–Crippen LogP) is 1.77. The van der Waals surface area contributed by atoms with Crippen molar-refractivity contribution in [2.24, 2.45) is 17.6 Å². The van der Waals surface area contributed by atoms with Crippen LogP contribution >= 0.6 is 0 Å². The Bertz CT molecular complexity index is 750. The molecule has 0 spiro atoms. The monoisotopic (exact) mass is 537 g/mol. The lowest BCUT2D eigenvalue weighted by Gasteiger charge is -2.32. The van der Waals surface area contributed by atoms with Gasteiger partial charge in [-0.05, 0) is 50.4 Å². The minimum absolute atomic E-state index is 0.0671. The Labute approximate surface area is 227 Å². The number of hydrogen-bond acceptors (Lipinski definition) is 6. The van der Waals surface area contributed by atoms with Crippen LogP contribution in [0.3, 0.4) is 0 Å². The van der Waals surface area contributed by atoms with Gasteiger partial charge in [0.2, 0.25) is 11.8 Å². The van der Waals surface area contributed by atoms with Crippen molar-refractivity contribution in [3.8, 4) is 0 Å². The van der Waals surface area contributed by atoms with Gasteiger partial charge in [0.05, 0.1) is 12.1 Å². The van der Waals surface area contributed by atoms with Crippen LogP contribution in [0.25, 0.3) is 0 Å². The summed E-state index contributed by atoms with van der Waals surface area (Å²) in [7, 11) is 0. The van der Waals surface area contributed by atoms with Crippen LogP contribution in [0, 0.1) is 11.8 Å². The summed E-state index contributed by atoms with van der Waals surface area (Å²) >= 11 is 0. The molecule has 10 heteroatoms. The fraction of sp³-hybridized carbons (Fsp3) is 0.893. The molecular formula is C28H51N5O5. The summed E-state index contributed by atoms with van der Waals surface area (Å²) in [4.78, 5) is 40.1. The third-order valence-electron chi connectivity index (χ3n) is 8.46. The summed E-state index contributed by atoms with van der Waals surface area (Å²) in [5.41, 5.74) is 5.93. The molecule has 1 saturated heterocycles. The molecule has 0 unspecified atom stereocenters. The molecule has 2 aliphatic carbocycles. The van der Waals surface area contributed by atoms with Crippen LogP contribution < -0.4 is 21.7 Å². The molecule has 0 bridgehead atoms. The van der Waals surface area contributed by atoms with E-state index in [-0.39, 0.29) is 42.8 Å². The van der Waals surface area contributed by atoms with Gasteiger partial charge in [0.1, 0.15) is 12.1 Å². The molecule has 4 atom stereocenters. The quantitative estimate of drug-likeness (QED) is 0.198. The van der Waals surface area contributed by atoms with E-state index in [9.17, 15) is 24.6 Å². The first kappa shape index (κ1) is 30.6. The van der Waals surface area contributed by atoms with Crippen LogP contribution in [0.1, 0.15) is 96.8 Å². The molecule has 7 N–H and O–H groups in total. The normalized spacial score (nSPS) is 22.3. The highest BCUT2D eigenvalue weighted by Gasteiger charge is 2.39. The first-order valence-corrected chi connectivity index (χ1v) is 15.0. The van der Waals surface area contributed by atoms with E-state index in [0.29, 0.717) is 31.8 Å². The molecular weight excluding hydrogens is 486 g/mol. The molecule has 0 aromatic heterocycles. The summed E-state index contributed by atoms with van der Waals surface area (Å²) in [6.45, 7) is 3.34. The van der Waals surface area contributed by atoms with Gasteiger partial charge in [-0.3, -0.25) is 9.59 Å². The number of nitrogens with zero attached hydrogens (tertiary/aromatic N) is 1. The maximum atomic E-state index is 12.9. The number of urea groups is 1. The number of nitrogens with two attached hydrogens (primary N) is 1. The largest absolute Gasteiger partial charge is 0.390 e. The summed E-state index contributed by atoms with van der Waals surface area (Å²) in [6.07, 6.45) is 10.2. The first-order valence-electron chi connectivity index (χ1n) is 15.0. The minimum atomic E-state index is -0.985. The van der Waals surface area contributed by atoms with Gasteiger partial charge >= 0.3 is 6.03 Å². The predicted molar refractivity (Wildman–Crippen MR) is 146 cm³/mol. The average molecular weight is 538 g/mol. The maximum Gasteiger partial charge on any atom is 0.318 e.